The minimum atomic E-state index is -0.634. The molecule has 2 aromatic carbocycles. The van der Waals surface area contributed by atoms with E-state index < -0.39 is 6.10 Å². The first-order valence-electron chi connectivity index (χ1n) is 10.3. The van der Waals surface area contributed by atoms with Gasteiger partial charge in [-0.15, -0.1) is 0 Å². The van der Waals surface area contributed by atoms with Crippen LogP contribution in [0.1, 0.15) is 43.7 Å². The Balaban J connectivity index is 0.00000187. The van der Waals surface area contributed by atoms with Crippen molar-refractivity contribution in [2.75, 3.05) is 5.32 Å². The molecule has 0 saturated carbocycles. The Morgan fingerprint density at radius 1 is 1.12 bits per heavy atom. The molecule has 1 aromatic heterocycles. The predicted molar refractivity (Wildman–Crippen MR) is 126 cm³/mol. The van der Waals surface area contributed by atoms with Crippen LogP contribution in [0.2, 0.25) is 5.02 Å². The van der Waals surface area contributed by atoms with Crippen LogP contribution in [0.15, 0.2) is 60.8 Å². The Morgan fingerprint density at radius 2 is 1.73 bits per heavy atom. The number of pyridine rings is 1. The number of ether oxygens (including phenoxy) is 2. The maximum Gasteiger partial charge on any atom is 0.293 e. The number of nitrogens with one attached hydrogen (secondary N) is 1. The maximum atomic E-state index is 12.4. The molecule has 7 nitrogen and oxygen atoms in total. The molecule has 0 spiro atoms. The molecule has 3 rings (SSSR count). The summed E-state index contributed by atoms with van der Waals surface area (Å²) in [6, 6.07) is 17.5. The van der Waals surface area contributed by atoms with Gasteiger partial charge in [0.15, 0.2) is 0 Å². The van der Waals surface area contributed by atoms with E-state index in [1.54, 1.807) is 61.5 Å². The molecule has 3 aromatic rings. The van der Waals surface area contributed by atoms with Crippen molar-refractivity contribution in [2.24, 2.45) is 0 Å². The van der Waals surface area contributed by atoms with Gasteiger partial charge in [-0.05, 0) is 55.0 Å². The quantitative estimate of drug-likeness (QED) is 0.419. The molecule has 0 bridgehead atoms. The van der Waals surface area contributed by atoms with Crippen LogP contribution in [0.3, 0.4) is 0 Å². The van der Waals surface area contributed by atoms with Crippen LogP contribution in [0.5, 0.6) is 11.5 Å². The van der Waals surface area contributed by atoms with Crippen LogP contribution < -0.4 is 10.1 Å². The number of amides is 1. The van der Waals surface area contributed by atoms with Gasteiger partial charge in [0, 0.05) is 6.20 Å². The largest absolute Gasteiger partial charge is 0.458 e. The van der Waals surface area contributed by atoms with Crippen LogP contribution in [0.4, 0.5) is 5.69 Å². The van der Waals surface area contributed by atoms with Crippen molar-refractivity contribution in [3.8, 4) is 17.6 Å². The highest BCUT2D eigenvalue weighted by atomic mass is 35.5. The van der Waals surface area contributed by atoms with Gasteiger partial charge in [-0.3, -0.25) is 14.6 Å². The van der Waals surface area contributed by atoms with E-state index in [1.165, 1.54) is 6.20 Å². The number of benzene rings is 2. The molecule has 0 fully saturated rings. The fourth-order valence-corrected chi connectivity index (χ4v) is 3.09. The summed E-state index contributed by atoms with van der Waals surface area (Å²) in [5.74, 6) is 0.962. The number of aromatic nitrogens is 1. The lowest BCUT2D eigenvalue weighted by atomic mass is 10.1. The van der Waals surface area contributed by atoms with Gasteiger partial charge in [0.25, 0.3) is 6.47 Å². The Bertz CT molecular complexity index is 1110. The summed E-state index contributed by atoms with van der Waals surface area (Å²) in [6.45, 7) is 5.96. The third-order valence-electron chi connectivity index (χ3n) is 4.34. The third-order valence-corrected chi connectivity index (χ3v) is 4.74. The van der Waals surface area contributed by atoms with Crippen molar-refractivity contribution >= 4 is 29.7 Å². The van der Waals surface area contributed by atoms with Crippen molar-refractivity contribution in [2.45, 2.75) is 33.3 Å². The van der Waals surface area contributed by atoms with Gasteiger partial charge >= 0.3 is 0 Å². The van der Waals surface area contributed by atoms with Gasteiger partial charge in [0.1, 0.15) is 23.3 Å². The van der Waals surface area contributed by atoms with Gasteiger partial charge in [-0.1, -0.05) is 37.6 Å². The second kappa shape index (κ2) is 12.8. The first kappa shape index (κ1) is 25.4. The predicted octanol–water partition coefficient (Wildman–Crippen LogP) is 5.84. The van der Waals surface area contributed by atoms with Crippen LogP contribution in [0.25, 0.3) is 0 Å². The summed E-state index contributed by atoms with van der Waals surface area (Å²) in [6.07, 6.45) is 0.980. The minimum absolute atomic E-state index is 0.130. The van der Waals surface area contributed by atoms with E-state index in [1.807, 2.05) is 13.8 Å². The van der Waals surface area contributed by atoms with Gasteiger partial charge in [0.2, 0.25) is 5.91 Å². The molecular formula is C25H24ClN3O4. The smallest absolute Gasteiger partial charge is 0.293 e. The van der Waals surface area contributed by atoms with E-state index in [9.17, 15) is 9.59 Å². The Labute approximate surface area is 197 Å². The monoisotopic (exact) mass is 465 g/mol. The van der Waals surface area contributed by atoms with E-state index in [-0.39, 0.29) is 17.4 Å². The van der Waals surface area contributed by atoms with Gasteiger partial charge in [-0.25, -0.2) is 0 Å². The molecule has 0 aliphatic heterocycles. The summed E-state index contributed by atoms with van der Waals surface area (Å²) >= 11 is 6.30. The summed E-state index contributed by atoms with van der Waals surface area (Å²) in [5, 5.41) is 11.8. The Hall–Kier alpha value is -3.89. The van der Waals surface area contributed by atoms with Crippen LogP contribution in [-0.4, -0.2) is 17.4 Å². The molecule has 8 heteroatoms. The lowest BCUT2D eigenvalue weighted by Crippen LogP contribution is -2.15. The van der Waals surface area contributed by atoms with Crippen LogP contribution >= 0.6 is 11.6 Å². The highest BCUT2D eigenvalue weighted by Gasteiger charge is 2.16. The Kier molecular flexibility index (Phi) is 9.87. The summed E-state index contributed by atoms with van der Waals surface area (Å²) in [5.41, 5.74) is 2.09. The summed E-state index contributed by atoms with van der Waals surface area (Å²) in [4.78, 5) is 27.1. The lowest BCUT2D eigenvalue weighted by Gasteiger charge is -2.14. The molecule has 1 atom stereocenters. The molecule has 170 valence electrons. The van der Waals surface area contributed by atoms with E-state index in [0.717, 1.165) is 5.56 Å². The molecule has 1 N–H and O–H groups in total. The SMILES string of the molecule is CC.CC(OC=O)c1nccc(NC(=O)Cc2ccc(Oc3ccc(C#N)cc3)cc2)c1Cl. The minimum Gasteiger partial charge on any atom is -0.458 e. The standard InChI is InChI=1S/C23H18ClN3O4.C2H6/c1-15(30-14-28)23-22(24)20(10-11-26-23)27-21(29)12-16-2-6-18(7-3-16)31-19-8-4-17(13-25)5-9-19;1-2/h2-11,14-15H,12H2,1H3,(H,26,27,29);1-2H3. The first-order valence-corrected chi connectivity index (χ1v) is 10.7. The number of rotatable bonds is 8. The maximum absolute atomic E-state index is 12.4. The molecule has 0 saturated heterocycles. The second-order valence-corrected chi connectivity index (χ2v) is 6.92. The zero-order chi connectivity index (χ0) is 24.2. The van der Waals surface area contributed by atoms with Crippen molar-refractivity contribution in [1.82, 2.24) is 4.98 Å². The third kappa shape index (κ3) is 7.34. The molecule has 1 unspecified atom stereocenters. The van der Waals surface area contributed by atoms with Gasteiger partial charge in [-0.2, -0.15) is 5.26 Å². The summed E-state index contributed by atoms with van der Waals surface area (Å²) < 4.78 is 10.6. The van der Waals surface area contributed by atoms with Gasteiger partial charge < -0.3 is 14.8 Å². The number of carbonyl (C=O) groups excluding carboxylic acids is 2. The lowest BCUT2D eigenvalue weighted by molar-refractivity contribution is -0.133. The average Bonchev–Trinajstić information content (AvgIpc) is 2.83. The average molecular weight is 466 g/mol. The van der Waals surface area contributed by atoms with E-state index >= 15 is 0 Å². The molecule has 1 heterocycles. The van der Waals surface area contributed by atoms with E-state index in [4.69, 9.17) is 26.3 Å². The van der Waals surface area contributed by atoms with Crippen molar-refractivity contribution in [1.29, 1.82) is 5.26 Å². The normalized spacial score (nSPS) is 10.6. The van der Waals surface area contributed by atoms with Crippen molar-refractivity contribution in [3.05, 3.63) is 82.6 Å². The highest BCUT2D eigenvalue weighted by molar-refractivity contribution is 6.34. The topological polar surface area (TPSA) is 101 Å². The van der Waals surface area contributed by atoms with Crippen LogP contribution in [-0.2, 0) is 20.7 Å². The zero-order valence-corrected chi connectivity index (χ0v) is 19.3. The molecule has 33 heavy (non-hydrogen) atoms. The van der Waals surface area contributed by atoms with E-state index in [0.29, 0.717) is 34.9 Å². The van der Waals surface area contributed by atoms with Crippen LogP contribution in [0, 0.1) is 11.3 Å². The number of halogens is 1. The number of hydrogen-bond donors (Lipinski definition) is 1. The molecule has 0 aliphatic carbocycles. The number of nitriles is 1. The van der Waals surface area contributed by atoms with Crippen molar-refractivity contribution in [3.63, 3.8) is 0 Å². The molecule has 0 radical (unpaired) electrons. The summed E-state index contributed by atoms with van der Waals surface area (Å²) in [7, 11) is 0. The number of anilines is 1. The van der Waals surface area contributed by atoms with E-state index in [2.05, 4.69) is 16.4 Å². The highest BCUT2D eigenvalue weighted by Crippen LogP contribution is 2.30. The fraction of sp³-hybridized carbons (Fsp3) is 0.200. The zero-order valence-electron chi connectivity index (χ0n) is 18.5. The molecular weight excluding hydrogens is 442 g/mol. The van der Waals surface area contributed by atoms with Gasteiger partial charge in [0.05, 0.1) is 28.8 Å². The fourth-order valence-electron chi connectivity index (χ4n) is 2.78. The number of carbonyl (C=O) groups is 2. The second-order valence-electron chi connectivity index (χ2n) is 6.54. The Morgan fingerprint density at radius 3 is 2.30 bits per heavy atom. The first-order chi connectivity index (χ1) is 16.0. The molecule has 0 aliphatic rings. The number of nitrogens with zero attached hydrogens (tertiary/aromatic N) is 2. The van der Waals surface area contributed by atoms with Crippen molar-refractivity contribution < 1.29 is 19.1 Å². The number of hydrogen-bond acceptors (Lipinski definition) is 6. The molecule has 1 amide bonds.